The van der Waals surface area contributed by atoms with Crippen molar-refractivity contribution in [1.29, 1.82) is 0 Å². The third-order valence-corrected chi connectivity index (χ3v) is 2.26. The van der Waals surface area contributed by atoms with Crippen LogP contribution in [0, 0.1) is 13.8 Å². The van der Waals surface area contributed by atoms with Crippen LogP contribution in [-0.4, -0.2) is 11.7 Å². The van der Waals surface area contributed by atoms with Crippen molar-refractivity contribution in [2.75, 3.05) is 11.9 Å². The van der Waals surface area contributed by atoms with Crippen molar-refractivity contribution in [2.24, 2.45) is 0 Å². The van der Waals surface area contributed by atoms with Gasteiger partial charge in [-0.15, -0.1) is 0 Å². The molecule has 0 spiro atoms. The molecule has 1 aromatic carbocycles. The number of rotatable bonds is 2. The highest BCUT2D eigenvalue weighted by molar-refractivity contribution is 5.91. The zero-order valence-corrected chi connectivity index (χ0v) is 8.72. The lowest BCUT2D eigenvalue weighted by atomic mass is 10.1. The van der Waals surface area contributed by atoms with Crippen LogP contribution in [0.3, 0.4) is 0 Å². The van der Waals surface area contributed by atoms with Crippen molar-refractivity contribution in [3.8, 4) is 0 Å². The van der Waals surface area contributed by atoms with E-state index in [0.717, 1.165) is 23.3 Å². The first-order chi connectivity index (χ1) is 6.72. The molecule has 0 fully saturated rings. The number of aromatic nitrogens is 1. The summed E-state index contributed by atoms with van der Waals surface area (Å²) in [6.45, 7) is 7.04. The number of nitrogens with zero attached hydrogens (tertiary/aromatic N) is 1. The highest BCUT2D eigenvalue weighted by Crippen LogP contribution is 2.27. The smallest absolute Gasteiger partial charge is 0.177 e. The van der Waals surface area contributed by atoms with Gasteiger partial charge >= 0.3 is 0 Å². The van der Waals surface area contributed by atoms with Gasteiger partial charge in [0.05, 0.1) is 5.39 Å². The first-order valence-electron chi connectivity index (χ1n) is 4.83. The number of anilines is 1. The van der Waals surface area contributed by atoms with E-state index < -0.39 is 0 Å². The largest absolute Gasteiger partial charge is 0.367 e. The molecule has 3 heteroatoms. The molecule has 1 aromatic heterocycles. The van der Waals surface area contributed by atoms with Gasteiger partial charge in [0.1, 0.15) is 0 Å². The fraction of sp³-hybridized carbons (Fsp3) is 0.364. The lowest BCUT2D eigenvalue weighted by Gasteiger charge is -2.00. The molecule has 0 atom stereocenters. The van der Waals surface area contributed by atoms with Crippen molar-refractivity contribution in [3.63, 3.8) is 0 Å². The van der Waals surface area contributed by atoms with Crippen LogP contribution in [0.25, 0.3) is 11.0 Å². The van der Waals surface area contributed by atoms with Gasteiger partial charge in [0.2, 0.25) is 0 Å². The number of benzene rings is 1. The average Bonchev–Trinajstić information content (AvgIpc) is 2.49. The third kappa shape index (κ3) is 1.35. The molecule has 0 saturated carbocycles. The highest BCUT2D eigenvalue weighted by Gasteiger charge is 2.09. The number of hydrogen-bond donors (Lipinski definition) is 1. The molecule has 0 radical (unpaired) electrons. The summed E-state index contributed by atoms with van der Waals surface area (Å²) in [6.07, 6.45) is 0. The molecule has 14 heavy (non-hydrogen) atoms. The molecule has 2 aromatic rings. The average molecular weight is 190 g/mol. The Morgan fingerprint density at radius 3 is 2.86 bits per heavy atom. The first-order valence-corrected chi connectivity index (χ1v) is 4.83. The van der Waals surface area contributed by atoms with Gasteiger partial charge in [-0.25, -0.2) is 0 Å². The Hall–Kier alpha value is -1.51. The van der Waals surface area contributed by atoms with Gasteiger partial charge in [-0.1, -0.05) is 11.2 Å². The van der Waals surface area contributed by atoms with Crippen LogP contribution < -0.4 is 5.32 Å². The van der Waals surface area contributed by atoms with Gasteiger partial charge < -0.3 is 9.84 Å². The summed E-state index contributed by atoms with van der Waals surface area (Å²) in [5, 5.41) is 8.28. The second-order valence-corrected chi connectivity index (χ2v) is 3.52. The molecule has 1 heterocycles. The van der Waals surface area contributed by atoms with E-state index in [1.807, 2.05) is 13.0 Å². The van der Waals surface area contributed by atoms with Crippen LogP contribution >= 0.6 is 0 Å². The summed E-state index contributed by atoms with van der Waals surface area (Å²) in [7, 11) is 0. The molecular formula is C11H14N2O. The third-order valence-electron chi connectivity index (χ3n) is 2.26. The summed E-state index contributed by atoms with van der Waals surface area (Å²) in [4.78, 5) is 0. The van der Waals surface area contributed by atoms with Gasteiger partial charge in [0, 0.05) is 6.54 Å². The Morgan fingerprint density at radius 1 is 1.36 bits per heavy atom. The zero-order chi connectivity index (χ0) is 10.1. The van der Waals surface area contributed by atoms with Crippen LogP contribution in [0.4, 0.5) is 5.82 Å². The number of nitrogens with one attached hydrogen (secondary N) is 1. The van der Waals surface area contributed by atoms with Crippen molar-refractivity contribution >= 4 is 16.8 Å². The predicted octanol–water partition coefficient (Wildman–Crippen LogP) is 2.88. The summed E-state index contributed by atoms with van der Waals surface area (Å²) < 4.78 is 5.25. The van der Waals surface area contributed by atoms with E-state index in [2.05, 4.69) is 30.4 Å². The molecule has 1 N–H and O–H groups in total. The fourth-order valence-electron chi connectivity index (χ4n) is 1.73. The minimum Gasteiger partial charge on any atom is -0.367 e. The van der Waals surface area contributed by atoms with Gasteiger partial charge in [-0.3, -0.25) is 0 Å². The van der Waals surface area contributed by atoms with E-state index in [4.69, 9.17) is 4.52 Å². The van der Waals surface area contributed by atoms with Gasteiger partial charge in [0.25, 0.3) is 0 Å². The minimum atomic E-state index is 0.847. The monoisotopic (exact) mass is 190 g/mol. The van der Waals surface area contributed by atoms with Crippen molar-refractivity contribution in [2.45, 2.75) is 20.8 Å². The molecular weight excluding hydrogens is 176 g/mol. The molecule has 2 rings (SSSR count). The lowest BCUT2D eigenvalue weighted by molar-refractivity contribution is 0.459. The molecule has 0 saturated heterocycles. The maximum absolute atomic E-state index is 5.25. The predicted molar refractivity (Wildman–Crippen MR) is 57.6 cm³/mol. The SMILES string of the molecule is CCNc1noc2cc(C)cc(C)c12. The molecule has 0 aliphatic carbocycles. The highest BCUT2D eigenvalue weighted by atomic mass is 16.5. The quantitative estimate of drug-likeness (QED) is 0.791. The molecule has 74 valence electrons. The molecule has 3 nitrogen and oxygen atoms in total. The molecule has 0 bridgehead atoms. The van der Waals surface area contributed by atoms with Crippen molar-refractivity contribution in [1.82, 2.24) is 5.16 Å². The Kier molecular flexibility index (Phi) is 2.15. The first kappa shape index (κ1) is 9.06. The summed E-state index contributed by atoms with van der Waals surface area (Å²) >= 11 is 0. The topological polar surface area (TPSA) is 38.1 Å². The van der Waals surface area contributed by atoms with E-state index in [-0.39, 0.29) is 0 Å². The van der Waals surface area contributed by atoms with E-state index in [9.17, 15) is 0 Å². The summed E-state index contributed by atoms with van der Waals surface area (Å²) in [5.74, 6) is 0.847. The maximum atomic E-state index is 5.25. The van der Waals surface area contributed by atoms with Crippen LogP contribution in [0.1, 0.15) is 18.1 Å². The van der Waals surface area contributed by atoms with Crippen LogP contribution in [0.5, 0.6) is 0 Å². The van der Waals surface area contributed by atoms with E-state index >= 15 is 0 Å². The van der Waals surface area contributed by atoms with E-state index in [1.54, 1.807) is 0 Å². The number of aryl methyl sites for hydroxylation is 2. The minimum absolute atomic E-state index is 0.847. The summed E-state index contributed by atoms with van der Waals surface area (Å²) in [6, 6.07) is 4.15. The molecule has 0 aliphatic rings. The normalized spacial score (nSPS) is 10.8. The second-order valence-electron chi connectivity index (χ2n) is 3.52. The second kappa shape index (κ2) is 3.33. The van der Waals surface area contributed by atoms with Gasteiger partial charge in [0.15, 0.2) is 11.4 Å². The van der Waals surface area contributed by atoms with Crippen molar-refractivity contribution < 1.29 is 4.52 Å². The van der Waals surface area contributed by atoms with E-state index in [0.29, 0.717) is 0 Å². The fourth-order valence-corrected chi connectivity index (χ4v) is 1.73. The lowest BCUT2D eigenvalue weighted by Crippen LogP contribution is -1.97. The van der Waals surface area contributed by atoms with Crippen LogP contribution in [0.2, 0.25) is 0 Å². The summed E-state index contributed by atoms with van der Waals surface area (Å²) in [5.41, 5.74) is 3.27. The Bertz CT molecular complexity index is 460. The Morgan fingerprint density at radius 2 is 2.14 bits per heavy atom. The van der Waals surface area contributed by atoms with Crippen LogP contribution in [-0.2, 0) is 0 Å². The number of fused-ring (bicyclic) bond motifs is 1. The number of hydrogen-bond acceptors (Lipinski definition) is 3. The van der Waals surface area contributed by atoms with Crippen LogP contribution in [0.15, 0.2) is 16.7 Å². The van der Waals surface area contributed by atoms with Gasteiger partial charge in [-0.2, -0.15) is 0 Å². The standard InChI is InChI=1S/C11H14N2O/c1-4-12-11-10-8(3)5-7(2)6-9(10)14-13-11/h5-6H,4H2,1-3H3,(H,12,13). The Balaban J connectivity index is 2.66. The van der Waals surface area contributed by atoms with Gasteiger partial charge in [-0.05, 0) is 38.0 Å². The maximum Gasteiger partial charge on any atom is 0.177 e. The molecule has 0 amide bonds. The Labute approximate surface area is 83.1 Å². The van der Waals surface area contributed by atoms with E-state index in [1.165, 1.54) is 11.1 Å². The zero-order valence-electron chi connectivity index (χ0n) is 8.72. The molecule has 0 aliphatic heterocycles. The molecule has 0 unspecified atom stereocenters. The van der Waals surface area contributed by atoms with Crippen molar-refractivity contribution in [3.05, 3.63) is 23.3 Å².